The van der Waals surface area contributed by atoms with Crippen LogP contribution in [0.3, 0.4) is 0 Å². The fraction of sp³-hybridized carbons (Fsp3) is 0.250. The van der Waals surface area contributed by atoms with Gasteiger partial charge in [0.2, 0.25) is 15.8 Å². The minimum absolute atomic E-state index is 0.139. The van der Waals surface area contributed by atoms with Crippen molar-refractivity contribution in [2.24, 2.45) is 0 Å². The Bertz CT molecular complexity index is 1330. The molecule has 1 aliphatic rings. The Morgan fingerprint density at radius 2 is 1.84 bits per heavy atom. The minimum atomic E-state index is -3.90. The van der Waals surface area contributed by atoms with Crippen molar-refractivity contribution >= 4 is 26.7 Å². The summed E-state index contributed by atoms with van der Waals surface area (Å²) < 4.78 is 42.8. The zero-order valence-corrected chi connectivity index (χ0v) is 17.3. The van der Waals surface area contributed by atoms with Crippen molar-refractivity contribution in [3.63, 3.8) is 0 Å². The maximum atomic E-state index is 12.8. The second-order valence-electron chi connectivity index (χ2n) is 6.91. The molecule has 2 heterocycles. The van der Waals surface area contributed by atoms with Crippen molar-refractivity contribution in [2.45, 2.75) is 11.8 Å². The van der Waals surface area contributed by atoms with Crippen LogP contribution in [0.2, 0.25) is 0 Å². The number of rotatable bonds is 5. The average Bonchev–Trinajstić information content (AvgIpc) is 2.74. The molecule has 0 aliphatic carbocycles. The normalized spacial score (nSPS) is 15.1. The molecule has 0 spiro atoms. The van der Waals surface area contributed by atoms with Crippen LogP contribution in [0.25, 0.3) is 11.0 Å². The highest BCUT2D eigenvalue weighted by atomic mass is 32.2. The number of morpholine rings is 1. The molecule has 0 unspecified atom stereocenters. The molecular weight excluding hydrogens is 428 g/mol. The van der Waals surface area contributed by atoms with Gasteiger partial charge in [-0.05, 0) is 36.8 Å². The predicted octanol–water partition coefficient (Wildman–Crippen LogP) is 2.82. The third kappa shape index (κ3) is 4.15. The summed E-state index contributed by atoms with van der Waals surface area (Å²) in [5.74, 6) is 0.0633. The van der Waals surface area contributed by atoms with Gasteiger partial charge in [-0.2, -0.15) is 4.31 Å². The maximum absolute atomic E-state index is 12.8. The lowest BCUT2D eigenvalue weighted by molar-refractivity contribution is -0.385. The third-order valence-corrected chi connectivity index (χ3v) is 6.78. The van der Waals surface area contributed by atoms with Gasteiger partial charge in [0.05, 0.1) is 23.0 Å². The molecule has 3 aromatic rings. The number of ether oxygens (including phenoxy) is 2. The van der Waals surface area contributed by atoms with Crippen LogP contribution in [0.1, 0.15) is 5.56 Å². The summed E-state index contributed by atoms with van der Waals surface area (Å²) in [4.78, 5) is 22.3. The summed E-state index contributed by atoms with van der Waals surface area (Å²) in [5.41, 5.74) is -0.0240. The van der Waals surface area contributed by atoms with E-state index in [0.717, 1.165) is 11.6 Å². The molecule has 1 aromatic heterocycles. The summed E-state index contributed by atoms with van der Waals surface area (Å²) in [6, 6.07) is 9.54. The highest BCUT2D eigenvalue weighted by molar-refractivity contribution is 7.89. The number of nitro benzene ring substituents is 1. The largest absolute Gasteiger partial charge is 0.450 e. The van der Waals surface area contributed by atoms with Gasteiger partial charge in [0.15, 0.2) is 0 Å². The fourth-order valence-electron chi connectivity index (χ4n) is 3.32. The Morgan fingerprint density at radius 1 is 1.10 bits per heavy atom. The van der Waals surface area contributed by atoms with E-state index in [1.165, 1.54) is 28.6 Å². The van der Waals surface area contributed by atoms with Crippen molar-refractivity contribution < 1.29 is 27.2 Å². The molecule has 162 valence electrons. The number of benzene rings is 2. The zero-order chi connectivity index (χ0) is 22.2. The van der Waals surface area contributed by atoms with E-state index in [0.29, 0.717) is 5.39 Å². The Morgan fingerprint density at radius 3 is 2.55 bits per heavy atom. The van der Waals surface area contributed by atoms with Crippen LogP contribution >= 0.6 is 0 Å². The molecule has 4 rings (SSSR count). The molecule has 0 bridgehead atoms. The Kier molecular flexibility index (Phi) is 5.48. The van der Waals surface area contributed by atoms with Gasteiger partial charge in [-0.1, -0.05) is 0 Å². The Labute approximate surface area is 176 Å². The van der Waals surface area contributed by atoms with Gasteiger partial charge in [-0.25, -0.2) is 13.2 Å². The second kappa shape index (κ2) is 8.10. The molecule has 10 nitrogen and oxygen atoms in total. The number of sulfonamides is 1. The number of hydrogen-bond acceptors (Lipinski definition) is 8. The van der Waals surface area contributed by atoms with Crippen LogP contribution in [-0.2, 0) is 14.8 Å². The molecule has 0 atom stereocenters. The highest BCUT2D eigenvalue weighted by Crippen LogP contribution is 2.35. The Balaban J connectivity index is 1.70. The first kappa shape index (κ1) is 21.0. The quantitative estimate of drug-likeness (QED) is 0.332. The van der Waals surface area contributed by atoms with Crippen LogP contribution in [0.4, 0.5) is 5.69 Å². The van der Waals surface area contributed by atoms with Crippen LogP contribution in [0, 0.1) is 17.0 Å². The molecule has 0 radical (unpaired) electrons. The summed E-state index contributed by atoms with van der Waals surface area (Å²) in [5, 5.41) is 12.3. The van der Waals surface area contributed by atoms with E-state index in [9.17, 15) is 23.3 Å². The van der Waals surface area contributed by atoms with Gasteiger partial charge in [0.25, 0.3) is 0 Å². The minimum Gasteiger partial charge on any atom is -0.450 e. The van der Waals surface area contributed by atoms with E-state index in [2.05, 4.69) is 0 Å². The first-order chi connectivity index (χ1) is 14.8. The average molecular weight is 446 g/mol. The monoisotopic (exact) mass is 446 g/mol. The van der Waals surface area contributed by atoms with Crippen molar-refractivity contribution in [2.75, 3.05) is 26.3 Å². The number of fused-ring (bicyclic) bond motifs is 1. The summed E-state index contributed by atoms with van der Waals surface area (Å²) in [6.45, 7) is 2.64. The van der Waals surface area contributed by atoms with Crippen molar-refractivity contribution in [1.29, 1.82) is 0 Å². The van der Waals surface area contributed by atoms with E-state index in [4.69, 9.17) is 13.9 Å². The summed E-state index contributed by atoms with van der Waals surface area (Å²) >= 11 is 0. The highest BCUT2D eigenvalue weighted by Gasteiger charge is 2.29. The lowest BCUT2D eigenvalue weighted by Crippen LogP contribution is -2.40. The number of aryl methyl sites for hydroxylation is 1. The van der Waals surface area contributed by atoms with Gasteiger partial charge >= 0.3 is 11.3 Å². The van der Waals surface area contributed by atoms with Crippen molar-refractivity contribution in [3.05, 3.63) is 68.6 Å². The van der Waals surface area contributed by atoms with Crippen LogP contribution in [0.15, 0.2) is 56.6 Å². The molecule has 1 saturated heterocycles. The lowest BCUT2D eigenvalue weighted by Gasteiger charge is -2.26. The number of nitro groups is 1. The fourth-order valence-corrected chi connectivity index (χ4v) is 4.75. The predicted molar refractivity (Wildman–Crippen MR) is 110 cm³/mol. The molecule has 1 fully saturated rings. The van der Waals surface area contributed by atoms with Crippen LogP contribution in [-0.4, -0.2) is 43.9 Å². The van der Waals surface area contributed by atoms with E-state index in [-0.39, 0.29) is 48.3 Å². The molecular formula is C20H18N2O8S. The first-order valence-corrected chi connectivity index (χ1v) is 10.8. The lowest BCUT2D eigenvalue weighted by atomic mass is 10.1. The standard InChI is InChI=1S/C20H18N2O8S/c1-13-10-20(23)30-19-11-14(2-4-16(13)19)29-18-5-3-15(12-17(18)22(24)25)31(26,27)21-6-8-28-9-7-21/h2-5,10-12H,6-9H2,1H3. The molecule has 31 heavy (non-hydrogen) atoms. The smallest absolute Gasteiger partial charge is 0.336 e. The van der Waals surface area contributed by atoms with Crippen molar-refractivity contribution in [1.82, 2.24) is 4.31 Å². The number of nitrogens with zero attached hydrogens (tertiary/aromatic N) is 2. The second-order valence-corrected chi connectivity index (χ2v) is 8.85. The molecule has 0 amide bonds. The maximum Gasteiger partial charge on any atom is 0.336 e. The molecule has 0 saturated carbocycles. The summed E-state index contributed by atoms with van der Waals surface area (Å²) in [6.07, 6.45) is 0. The molecule has 0 N–H and O–H groups in total. The van der Waals surface area contributed by atoms with Gasteiger partial charge in [0.1, 0.15) is 11.3 Å². The third-order valence-electron chi connectivity index (χ3n) is 4.89. The van der Waals surface area contributed by atoms with Crippen molar-refractivity contribution in [3.8, 4) is 11.5 Å². The van der Waals surface area contributed by atoms with Gasteiger partial charge in [0, 0.05) is 36.7 Å². The SMILES string of the molecule is Cc1cc(=O)oc2cc(Oc3ccc(S(=O)(=O)N4CCOCC4)cc3[N+](=O)[O-])ccc12. The van der Waals surface area contributed by atoms with Gasteiger partial charge in [-0.15, -0.1) is 0 Å². The van der Waals surface area contributed by atoms with E-state index < -0.39 is 26.3 Å². The van der Waals surface area contributed by atoms with E-state index in [1.54, 1.807) is 19.1 Å². The number of hydrogen-bond donors (Lipinski definition) is 0. The first-order valence-electron chi connectivity index (χ1n) is 9.34. The van der Waals surface area contributed by atoms with Gasteiger partial charge < -0.3 is 13.9 Å². The molecule has 11 heteroatoms. The molecule has 2 aromatic carbocycles. The zero-order valence-electron chi connectivity index (χ0n) is 16.4. The van der Waals surface area contributed by atoms with E-state index >= 15 is 0 Å². The molecule has 1 aliphatic heterocycles. The van der Waals surface area contributed by atoms with Gasteiger partial charge in [-0.3, -0.25) is 10.1 Å². The van der Waals surface area contributed by atoms with Crippen LogP contribution in [0.5, 0.6) is 11.5 Å². The topological polar surface area (TPSA) is 129 Å². The van der Waals surface area contributed by atoms with E-state index in [1.807, 2.05) is 0 Å². The Hall–Kier alpha value is -3.28. The van der Waals surface area contributed by atoms with Crippen LogP contribution < -0.4 is 10.4 Å². The summed E-state index contributed by atoms with van der Waals surface area (Å²) in [7, 11) is -3.90.